The van der Waals surface area contributed by atoms with E-state index in [4.69, 9.17) is 9.47 Å². The normalized spacial score (nSPS) is 17.1. The van der Waals surface area contributed by atoms with Gasteiger partial charge in [0.1, 0.15) is 12.2 Å². The number of rotatable bonds is 19. The Bertz CT molecular complexity index is 1340. The van der Waals surface area contributed by atoms with Crippen LogP contribution in [0.3, 0.4) is 0 Å². The number of alkyl carbamates (subject to hydrolysis) is 1. The van der Waals surface area contributed by atoms with Crippen molar-refractivity contribution in [3.8, 4) is 11.8 Å². The lowest BCUT2D eigenvalue weighted by Gasteiger charge is -2.29. The number of amides is 3. The molecule has 0 aromatic carbocycles. The van der Waals surface area contributed by atoms with Crippen LogP contribution >= 0.6 is 0 Å². The fourth-order valence-corrected chi connectivity index (χ4v) is 4.84. The van der Waals surface area contributed by atoms with Gasteiger partial charge in [-0.15, -0.1) is 5.92 Å². The first-order valence-corrected chi connectivity index (χ1v) is 17.2. The zero-order valence-electron chi connectivity index (χ0n) is 30.6. The van der Waals surface area contributed by atoms with E-state index in [1.54, 1.807) is 38.2 Å². The number of hydrogen-bond donors (Lipinski definition) is 3. The van der Waals surface area contributed by atoms with Crippen molar-refractivity contribution in [1.82, 2.24) is 16.0 Å². The Hall–Kier alpha value is -4.39. The van der Waals surface area contributed by atoms with Crippen molar-refractivity contribution in [3.05, 3.63) is 59.8 Å². The van der Waals surface area contributed by atoms with Gasteiger partial charge in [-0.3, -0.25) is 14.4 Å². The smallest absolute Gasteiger partial charge is 0.407 e. The molecule has 3 amide bonds. The minimum Gasteiger partial charge on any atom is -0.458 e. The van der Waals surface area contributed by atoms with Crippen LogP contribution in [0.2, 0.25) is 0 Å². The summed E-state index contributed by atoms with van der Waals surface area (Å²) in [6.07, 6.45) is 16.2. The number of carbonyl (C=O) groups is 5. The van der Waals surface area contributed by atoms with Gasteiger partial charge >= 0.3 is 12.1 Å². The number of cyclic esters (lactones) is 1. The third kappa shape index (κ3) is 18.7. The van der Waals surface area contributed by atoms with Gasteiger partial charge in [-0.2, -0.15) is 0 Å². The van der Waals surface area contributed by atoms with Crippen LogP contribution in [0.15, 0.2) is 59.8 Å². The number of allylic oxidation sites excluding steroid dienone is 5. The van der Waals surface area contributed by atoms with Gasteiger partial charge in [0.05, 0.1) is 6.04 Å². The van der Waals surface area contributed by atoms with Crippen molar-refractivity contribution < 1.29 is 33.4 Å². The summed E-state index contributed by atoms with van der Waals surface area (Å²) >= 11 is 0. The van der Waals surface area contributed by atoms with Gasteiger partial charge in [-0.25, -0.2) is 9.59 Å². The van der Waals surface area contributed by atoms with Crippen molar-refractivity contribution in [2.45, 2.75) is 119 Å². The van der Waals surface area contributed by atoms with Gasteiger partial charge < -0.3 is 25.4 Å². The zero-order chi connectivity index (χ0) is 36.8. The standard InChI is InChI=1S/C39H57N3O7/c1-9-11-19-31(48-38(47)41-26-16-25-40-34(44)17-10-2)20-13-14-21-32(43)36(39(6,7)8)42-35(45)22-15-12-18-28(3)27-30(5)33-24-23-29(4)37(46)49-33/h12-15,18,22-23,27,30-31,33,36H,10,16-17,19-21,24-26H2,1-8H3,(H,40,44)(H,41,47)(H,42,45)/b14-13-,18-12-,22-15-,28-27+/t30-,31-,33-,36+/m0/s1. The molecule has 0 radical (unpaired) electrons. The molecule has 10 heteroatoms. The van der Waals surface area contributed by atoms with E-state index >= 15 is 0 Å². The molecule has 1 aliphatic rings. The van der Waals surface area contributed by atoms with E-state index in [1.807, 2.05) is 59.8 Å². The second kappa shape index (κ2) is 23.0. The molecule has 4 atom stereocenters. The lowest BCUT2D eigenvalue weighted by Crippen LogP contribution is -2.48. The summed E-state index contributed by atoms with van der Waals surface area (Å²) in [5.74, 6) is 4.97. The second-order valence-electron chi connectivity index (χ2n) is 13.3. The van der Waals surface area contributed by atoms with Crippen LogP contribution in [-0.2, 0) is 28.7 Å². The summed E-state index contributed by atoms with van der Waals surface area (Å²) in [6.45, 7) is 15.9. The zero-order valence-corrected chi connectivity index (χ0v) is 30.6. The molecule has 0 saturated carbocycles. The van der Waals surface area contributed by atoms with Crippen molar-refractivity contribution >= 4 is 29.7 Å². The van der Waals surface area contributed by atoms with Gasteiger partial charge in [0, 0.05) is 62.8 Å². The molecular formula is C39H57N3O7. The van der Waals surface area contributed by atoms with Crippen LogP contribution in [0.1, 0.15) is 100 Å². The van der Waals surface area contributed by atoms with Gasteiger partial charge in [-0.1, -0.05) is 88.6 Å². The van der Waals surface area contributed by atoms with E-state index in [-0.39, 0.29) is 42.0 Å². The van der Waals surface area contributed by atoms with Gasteiger partial charge in [-0.05, 0) is 39.0 Å². The third-order valence-corrected chi connectivity index (χ3v) is 7.63. The Kier molecular flexibility index (Phi) is 20.1. The van der Waals surface area contributed by atoms with Crippen molar-refractivity contribution in [2.75, 3.05) is 13.1 Å². The number of ketones is 1. The summed E-state index contributed by atoms with van der Waals surface area (Å²) in [4.78, 5) is 61.6. The Balaban J connectivity index is 2.63. The number of esters is 1. The monoisotopic (exact) mass is 679 g/mol. The lowest BCUT2D eigenvalue weighted by atomic mass is 9.83. The van der Waals surface area contributed by atoms with Gasteiger partial charge in [0.15, 0.2) is 5.78 Å². The van der Waals surface area contributed by atoms with Crippen LogP contribution in [0.4, 0.5) is 4.79 Å². The molecule has 3 N–H and O–H groups in total. The van der Waals surface area contributed by atoms with Crippen LogP contribution in [0.25, 0.3) is 0 Å². The number of Topliss-reactive ketones (excluding diaryl/α,β-unsaturated/α-hetero) is 1. The van der Waals surface area contributed by atoms with E-state index in [2.05, 4.69) is 27.8 Å². The second-order valence-corrected chi connectivity index (χ2v) is 13.3. The molecule has 1 aliphatic heterocycles. The van der Waals surface area contributed by atoms with E-state index in [0.29, 0.717) is 50.8 Å². The highest BCUT2D eigenvalue weighted by molar-refractivity contribution is 5.94. The Morgan fingerprint density at radius 2 is 1.80 bits per heavy atom. The van der Waals surface area contributed by atoms with Crippen LogP contribution in [0, 0.1) is 23.2 Å². The molecule has 0 unspecified atom stereocenters. The molecule has 0 fully saturated rings. The van der Waals surface area contributed by atoms with Crippen LogP contribution in [0.5, 0.6) is 0 Å². The summed E-state index contributed by atoms with van der Waals surface area (Å²) in [6, 6.07) is -0.716. The molecule has 0 saturated heterocycles. The molecule has 0 aromatic heterocycles. The Morgan fingerprint density at radius 1 is 1.10 bits per heavy atom. The average Bonchev–Trinajstić information content (AvgIpc) is 3.03. The summed E-state index contributed by atoms with van der Waals surface area (Å²) < 4.78 is 11.0. The number of nitrogens with one attached hydrogen (secondary N) is 3. The molecule has 0 aliphatic carbocycles. The maximum atomic E-state index is 13.2. The van der Waals surface area contributed by atoms with E-state index in [1.165, 1.54) is 6.08 Å². The fraction of sp³-hybridized carbons (Fsp3) is 0.564. The van der Waals surface area contributed by atoms with Crippen LogP contribution in [-0.4, -0.2) is 61.0 Å². The summed E-state index contributed by atoms with van der Waals surface area (Å²) in [5.41, 5.74) is 1.08. The van der Waals surface area contributed by atoms with E-state index in [9.17, 15) is 24.0 Å². The first-order valence-electron chi connectivity index (χ1n) is 17.2. The Morgan fingerprint density at radius 3 is 2.45 bits per heavy atom. The molecule has 49 heavy (non-hydrogen) atoms. The number of ether oxygens (including phenoxy) is 2. The molecule has 0 aromatic rings. The summed E-state index contributed by atoms with van der Waals surface area (Å²) in [7, 11) is 0. The fourth-order valence-electron chi connectivity index (χ4n) is 4.84. The van der Waals surface area contributed by atoms with Crippen molar-refractivity contribution in [3.63, 3.8) is 0 Å². The highest BCUT2D eigenvalue weighted by Crippen LogP contribution is 2.23. The van der Waals surface area contributed by atoms with Crippen molar-refractivity contribution in [2.24, 2.45) is 11.3 Å². The molecule has 10 nitrogen and oxygen atoms in total. The van der Waals surface area contributed by atoms with Gasteiger partial charge in [0.2, 0.25) is 11.8 Å². The SMILES string of the molecule is CC#CC[C@@H](C/C=C\CC(=O)[C@@H](NC(=O)\C=C/C=C\C(C)=C\[C@H](C)[C@@H]1CC=C(C)C(=O)O1)C(C)(C)C)OC(=O)NCCCNC(=O)CCC. The highest BCUT2D eigenvalue weighted by Gasteiger charge is 2.31. The first kappa shape index (κ1) is 42.6. The minimum atomic E-state index is -0.716. The molecular weight excluding hydrogens is 622 g/mol. The molecule has 1 heterocycles. The largest absolute Gasteiger partial charge is 0.458 e. The van der Waals surface area contributed by atoms with Gasteiger partial charge in [0.25, 0.3) is 0 Å². The van der Waals surface area contributed by atoms with E-state index in [0.717, 1.165) is 12.0 Å². The predicted octanol–water partition coefficient (Wildman–Crippen LogP) is 6.19. The molecule has 270 valence electrons. The van der Waals surface area contributed by atoms with E-state index < -0.39 is 23.7 Å². The minimum absolute atomic E-state index is 0.00457. The summed E-state index contributed by atoms with van der Waals surface area (Å²) in [5, 5.41) is 8.33. The number of hydrogen-bond acceptors (Lipinski definition) is 7. The maximum Gasteiger partial charge on any atom is 0.407 e. The predicted molar refractivity (Wildman–Crippen MR) is 193 cm³/mol. The molecule has 0 spiro atoms. The highest BCUT2D eigenvalue weighted by atomic mass is 16.6. The third-order valence-electron chi connectivity index (χ3n) is 7.63. The average molecular weight is 680 g/mol. The number of carbonyl (C=O) groups excluding carboxylic acids is 5. The van der Waals surface area contributed by atoms with Crippen LogP contribution < -0.4 is 16.0 Å². The quantitative estimate of drug-likeness (QED) is 0.0369. The Labute approximate surface area is 293 Å². The lowest BCUT2D eigenvalue weighted by molar-refractivity contribution is -0.147. The van der Waals surface area contributed by atoms with Crippen molar-refractivity contribution in [1.29, 1.82) is 0 Å². The molecule has 1 rings (SSSR count). The first-order chi connectivity index (χ1) is 23.2. The molecule has 0 bridgehead atoms. The topological polar surface area (TPSA) is 140 Å². The maximum absolute atomic E-state index is 13.2.